The second-order valence-electron chi connectivity index (χ2n) is 3.17. The summed E-state index contributed by atoms with van der Waals surface area (Å²) in [6.07, 6.45) is 0. The zero-order valence-corrected chi connectivity index (χ0v) is 7.90. The number of aryl methyl sites for hydroxylation is 1. The van der Waals surface area contributed by atoms with Crippen LogP contribution in [0.5, 0.6) is 0 Å². The third-order valence-corrected chi connectivity index (χ3v) is 2.28. The van der Waals surface area contributed by atoms with Crippen molar-refractivity contribution in [1.82, 2.24) is 0 Å². The number of nitrogens with zero attached hydrogens (tertiary/aromatic N) is 1. The van der Waals surface area contributed by atoms with E-state index in [0.717, 1.165) is 10.9 Å². The van der Waals surface area contributed by atoms with Gasteiger partial charge in [0.1, 0.15) is 11.7 Å². The number of hydrogen-bond donors (Lipinski definition) is 0. The number of aromatic carboxylic acids is 1. The highest BCUT2D eigenvalue weighted by Crippen LogP contribution is 2.25. The van der Waals surface area contributed by atoms with Crippen LogP contribution in [0.2, 0.25) is 0 Å². The first-order valence-corrected chi connectivity index (χ1v) is 4.28. The zero-order chi connectivity index (χ0) is 11.0. The Kier molecular flexibility index (Phi) is 1.94. The van der Waals surface area contributed by atoms with Gasteiger partial charge < -0.3 is 14.3 Å². The van der Waals surface area contributed by atoms with Crippen molar-refractivity contribution in [2.45, 2.75) is 6.92 Å². The van der Waals surface area contributed by atoms with Crippen LogP contribution in [0.25, 0.3) is 11.0 Å². The molecule has 0 spiro atoms. The molecule has 1 heterocycles. The van der Waals surface area contributed by atoms with Gasteiger partial charge in [0.05, 0.1) is 5.97 Å². The molecule has 15 heavy (non-hydrogen) atoms. The predicted molar refractivity (Wildman–Crippen MR) is 50.0 cm³/mol. The highest BCUT2D eigenvalue weighted by molar-refractivity contribution is 5.93. The Balaban J connectivity index is 2.75. The summed E-state index contributed by atoms with van der Waals surface area (Å²) >= 11 is 0. The summed E-state index contributed by atoms with van der Waals surface area (Å²) in [5.74, 6) is -1.05. The van der Waals surface area contributed by atoms with Gasteiger partial charge in [0.2, 0.25) is 5.76 Å². The van der Waals surface area contributed by atoms with Gasteiger partial charge in [-0.1, -0.05) is 12.1 Å². The maximum atomic E-state index is 10.6. The minimum Gasteiger partial charge on any atom is -0.545 e. The number of carboxylic acid groups (broad SMARTS) is 1. The molecule has 0 aliphatic heterocycles. The monoisotopic (exact) mass is 200 g/mol. The fraction of sp³-hybridized carbons (Fsp3) is 0.0909. The predicted octanol–water partition coefficient (Wildman–Crippen LogP) is 0.976. The highest BCUT2D eigenvalue weighted by Gasteiger charge is 2.09. The van der Waals surface area contributed by atoms with E-state index in [4.69, 9.17) is 9.68 Å². The molecule has 0 bridgehead atoms. The van der Waals surface area contributed by atoms with E-state index >= 15 is 0 Å². The Bertz CT molecular complexity index is 590. The summed E-state index contributed by atoms with van der Waals surface area (Å²) in [6.45, 7) is 1.75. The van der Waals surface area contributed by atoms with Crippen molar-refractivity contribution in [3.05, 3.63) is 35.1 Å². The lowest BCUT2D eigenvalue weighted by molar-refractivity contribution is -0.255. The fourth-order valence-electron chi connectivity index (χ4n) is 1.46. The molecule has 0 fully saturated rings. The molecule has 0 amide bonds. The quantitative estimate of drug-likeness (QED) is 0.687. The topological polar surface area (TPSA) is 77.1 Å². The van der Waals surface area contributed by atoms with Crippen molar-refractivity contribution in [3.63, 3.8) is 0 Å². The zero-order valence-electron chi connectivity index (χ0n) is 7.90. The van der Waals surface area contributed by atoms with E-state index in [2.05, 4.69) is 0 Å². The summed E-state index contributed by atoms with van der Waals surface area (Å²) in [4.78, 5) is 10.6. The largest absolute Gasteiger partial charge is 0.545 e. The van der Waals surface area contributed by atoms with E-state index in [-0.39, 0.29) is 11.3 Å². The number of benzene rings is 1. The van der Waals surface area contributed by atoms with Gasteiger partial charge in [-0.15, -0.1) is 0 Å². The Morgan fingerprint density at radius 2 is 2.27 bits per heavy atom. The smallest absolute Gasteiger partial charge is 0.207 e. The Labute approximate surface area is 85.4 Å². The fourth-order valence-corrected chi connectivity index (χ4v) is 1.46. The lowest BCUT2D eigenvalue weighted by Crippen LogP contribution is -2.21. The second kappa shape index (κ2) is 3.14. The van der Waals surface area contributed by atoms with Gasteiger partial charge in [-0.25, -0.2) is 0 Å². The Hall–Kier alpha value is -2.28. The molecule has 2 aromatic rings. The number of nitriles is 1. The van der Waals surface area contributed by atoms with Crippen LogP contribution in [0.4, 0.5) is 0 Å². The lowest BCUT2D eigenvalue weighted by Gasteiger charge is -2.00. The first-order valence-electron chi connectivity index (χ1n) is 4.28. The molecule has 4 nitrogen and oxygen atoms in total. The molecule has 1 aromatic carbocycles. The highest BCUT2D eigenvalue weighted by atomic mass is 16.4. The van der Waals surface area contributed by atoms with Crippen LogP contribution in [0, 0.1) is 18.3 Å². The minimum absolute atomic E-state index is 0.0424. The van der Waals surface area contributed by atoms with Crippen LogP contribution in [0.3, 0.4) is 0 Å². The maximum absolute atomic E-state index is 10.6. The van der Waals surface area contributed by atoms with Crippen LogP contribution < -0.4 is 5.11 Å². The molecule has 74 valence electrons. The Morgan fingerprint density at radius 1 is 1.53 bits per heavy atom. The van der Waals surface area contributed by atoms with Gasteiger partial charge in [-0.3, -0.25) is 0 Å². The van der Waals surface area contributed by atoms with E-state index in [0.29, 0.717) is 5.58 Å². The van der Waals surface area contributed by atoms with E-state index in [1.165, 1.54) is 12.1 Å². The van der Waals surface area contributed by atoms with Gasteiger partial charge in [-0.2, -0.15) is 5.26 Å². The van der Waals surface area contributed by atoms with E-state index in [9.17, 15) is 9.90 Å². The Morgan fingerprint density at radius 3 is 2.87 bits per heavy atom. The average Bonchev–Trinajstić information content (AvgIpc) is 2.55. The number of hydrogen-bond acceptors (Lipinski definition) is 4. The molecule has 4 heteroatoms. The van der Waals surface area contributed by atoms with Crippen LogP contribution in [-0.4, -0.2) is 5.97 Å². The van der Waals surface area contributed by atoms with Crippen molar-refractivity contribution in [3.8, 4) is 6.07 Å². The number of fused-ring (bicyclic) bond motifs is 1. The molecule has 0 aliphatic rings. The lowest BCUT2D eigenvalue weighted by atomic mass is 10.1. The molecule has 1 aromatic heterocycles. The van der Waals surface area contributed by atoms with Crippen molar-refractivity contribution in [1.29, 1.82) is 5.26 Å². The molecule has 0 N–H and O–H groups in total. The molecule has 0 unspecified atom stereocenters. The van der Waals surface area contributed by atoms with Crippen molar-refractivity contribution < 1.29 is 14.3 Å². The van der Waals surface area contributed by atoms with Gasteiger partial charge in [0.25, 0.3) is 0 Å². The van der Waals surface area contributed by atoms with Crippen molar-refractivity contribution in [2.75, 3.05) is 0 Å². The molecular formula is C11H6NO3-. The molecule has 0 saturated heterocycles. The van der Waals surface area contributed by atoms with Crippen LogP contribution in [0.1, 0.15) is 21.7 Å². The SMILES string of the molecule is Cc1c(C#N)oc2cc(C(=O)[O-])ccc12. The minimum atomic E-state index is -1.26. The van der Waals surface area contributed by atoms with Gasteiger partial charge in [0.15, 0.2) is 0 Å². The standard InChI is InChI=1S/C11H7NO3/c1-6-8-3-2-7(11(13)14)4-9(8)15-10(6)5-12/h2-4H,1H3,(H,13,14)/p-1. The molecule has 2 rings (SSSR count). The van der Waals surface area contributed by atoms with E-state index in [1.807, 2.05) is 6.07 Å². The second-order valence-corrected chi connectivity index (χ2v) is 3.17. The molecule has 0 aliphatic carbocycles. The number of carbonyl (C=O) groups excluding carboxylic acids is 1. The summed E-state index contributed by atoms with van der Waals surface area (Å²) in [7, 11) is 0. The first kappa shape index (κ1) is 9.28. The van der Waals surface area contributed by atoms with Gasteiger partial charge in [0, 0.05) is 16.5 Å². The van der Waals surface area contributed by atoms with Gasteiger partial charge >= 0.3 is 0 Å². The third kappa shape index (κ3) is 1.34. The van der Waals surface area contributed by atoms with E-state index < -0.39 is 5.97 Å². The summed E-state index contributed by atoms with van der Waals surface area (Å²) in [5, 5.41) is 20.1. The van der Waals surface area contributed by atoms with Gasteiger partial charge in [-0.05, 0) is 13.0 Å². The molecule has 0 saturated carbocycles. The summed E-state index contributed by atoms with van der Waals surface area (Å²) in [6, 6.07) is 6.31. The molecule has 0 radical (unpaired) electrons. The first-order chi connectivity index (χ1) is 7.13. The van der Waals surface area contributed by atoms with Crippen LogP contribution >= 0.6 is 0 Å². The number of carbonyl (C=O) groups is 1. The van der Waals surface area contributed by atoms with Crippen molar-refractivity contribution >= 4 is 16.9 Å². The number of furan rings is 1. The maximum Gasteiger partial charge on any atom is 0.207 e. The summed E-state index contributed by atoms with van der Waals surface area (Å²) in [5.41, 5.74) is 1.16. The van der Waals surface area contributed by atoms with Crippen LogP contribution in [0.15, 0.2) is 22.6 Å². The summed E-state index contributed by atoms with van der Waals surface area (Å²) < 4.78 is 5.19. The van der Waals surface area contributed by atoms with E-state index in [1.54, 1.807) is 13.0 Å². The van der Waals surface area contributed by atoms with Crippen LogP contribution in [-0.2, 0) is 0 Å². The number of rotatable bonds is 1. The van der Waals surface area contributed by atoms with Crippen molar-refractivity contribution in [2.24, 2.45) is 0 Å². The molecular weight excluding hydrogens is 194 g/mol. The average molecular weight is 200 g/mol. The molecule has 0 atom stereocenters. The normalized spacial score (nSPS) is 10.1. The number of carboxylic acids is 1. The third-order valence-electron chi connectivity index (χ3n) is 2.28.